The van der Waals surface area contributed by atoms with Crippen LogP contribution in [0, 0.1) is 29.1 Å². The van der Waals surface area contributed by atoms with E-state index in [4.69, 9.17) is 16.3 Å². The Morgan fingerprint density at radius 1 is 0.829 bits per heavy atom. The van der Waals surface area contributed by atoms with Gasteiger partial charge in [0.1, 0.15) is 11.4 Å². The van der Waals surface area contributed by atoms with Gasteiger partial charge in [-0.3, -0.25) is 4.79 Å². The van der Waals surface area contributed by atoms with Gasteiger partial charge in [-0.2, -0.15) is 0 Å². The fourth-order valence-electron chi connectivity index (χ4n) is 3.87. The van der Waals surface area contributed by atoms with Crippen molar-refractivity contribution in [1.29, 1.82) is 0 Å². The van der Waals surface area contributed by atoms with Gasteiger partial charge >= 0.3 is 0 Å². The van der Waals surface area contributed by atoms with Crippen LogP contribution in [0.2, 0.25) is 5.02 Å². The van der Waals surface area contributed by atoms with E-state index < -0.39 is 40.7 Å². The standard InChI is InChI=1S/C24H19ClF5N3O2/c1-35-17-7-2-13(25)12-16(17)24(34)31-14-3-5-15(6-4-14)32-8-10-33(11-9-32)23-21(29)19(27)18(26)20(28)22(23)30/h2-7,12H,8-11H2,1H3,(H,31,34). The number of ether oxygens (including phenoxy) is 1. The van der Waals surface area contributed by atoms with Gasteiger partial charge in [-0.15, -0.1) is 0 Å². The molecule has 0 spiro atoms. The minimum absolute atomic E-state index is 0.0470. The van der Waals surface area contributed by atoms with Gasteiger partial charge in [0.25, 0.3) is 5.91 Å². The maximum absolute atomic E-state index is 14.1. The highest BCUT2D eigenvalue weighted by molar-refractivity contribution is 6.31. The summed E-state index contributed by atoms with van der Waals surface area (Å²) in [5.41, 5.74) is 0.630. The number of nitrogens with one attached hydrogen (secondary N) is 1. The van der Waals surface area contributed by atoms with Crippen molar-refractivity contribution in [1.82, 2.24) is 0 Å². The Hall–Kier alpha value is -3.53. The number of nitrogens with zero attached hydrogens (tertiary/aromatic N) is 2. The van der Waals surface area contributed by atoms with Gasteiger partial charge < -0.3 is 19.9 Å². The minimum atomic E-state index is -2.18. The summed E-state index contributed by atoms with van der Waals surface area (Å²) < 4.78 is 73.9. The van der Waals surface area contributed by atoms with Crippen LogP contribution in [0.15, 0.2) is 42.5 Å². The average molecular weight is 512 g/mol. The molecular weight excluding hydrogens is 493 g/mol. The van der Waals surface area contributed by atoms with Gasteiger partial charge in [-0.25, -0.2) is 22.0 Å². The SMILES string of the molecule is COc1ccc(Cl)cc1C(=O)Nc1ccc(N2CCN(c3c(F)c(F)c(F)c(F)c3F)CC2)cc1. The number of hydrogen-bond acceptors (Lipinski definition) is 4. The lowest BCUT2D eigenvalue weighted by Crippen LogP contribution is -2.47. The normalized spacial score (nSPS) is 13.7. The Kier molecular flexibility index (Phi) is 7.02. The molecule has 1 fully saturated rings. The molecule has 11 heteroatoms. The van der Waals surface area contributed by atoms with E-state index in [1.165, 1.54) is 13.2 Å². The van der Waals surface area contributed by atoms with Crippen molar-refractivity contribution in [3.8, 4) is 5.75 Å². The second-order valence-electron chi connectivity index (χ2n) is 7.74. The van der Waals surface area contributed by atoms with Crippen molar-refractivity contribution in [2.24, 2.45) is 0 Å². The summed E-state index contributed by atoms with van der Waals surface area (Å²) in [5.74, 6) is -9.83. The molecule has 0 atom stereocenters. The molecule has 1 aliphatic heterocycles. The summed E-state index contributed by atoms with van der Waals surface area (Å²) in [6.07, 6.45) is 0. The zero-order chi connectivity index (χ0) is 25.3. The topological polar surface area (TPSA) is 44.8 Å². The number of amides is 1. The summed E-state index contributed by atoms with van der Waals surface area (Å²) in [7, 11) is 1.44. The monoisotopic (exact) mass is 511 g/mol. The van der Waals surface area contributed by atoms with Crippen LogP contribution in [-0.2, 0) is 0 Å². The van der Waals surface area contributed by atoms with Crippen molar-refractivity contribution >= 4 is 34.6 Å². The van der Waals surface area contributed by atoms with E-state index in [0.29, 0.717) is 16.5 Å². The summed E-state index contributed by atoms with van der Waals surface area (Å²) in [5, 5.41) is 3.14. The number of methoxy groups -OCH3 is 1. The number of carbonyl (C=O) groups excluding carboxylic acids is 1. The number of piperazine rings is 1. The lowest BCUT2D eigenvalue weighted by molar-refractivity contribution is 0.102. The van der Waals surface area contributed by atoms with Crippen LogP contribution < -0.4 is 19.9 Å². The molecule has 0 saturated carbocycles. The van der Waals surface area contributed by atoms with Crippen LogP contribution in [0.25, 0.3) is 0 Å². The molecule has 1 N–H and O–H groups in total. The highest BCUT2D eigenvalue weighted by Gasteiger charge is 2.30. The van der Waals surface area contributed by atoms with Gasteiger partial charge in [0.2, 0.25) is 5.82 Å². The first-order chi connectivity index (χ1) is 16.7. The fraction of sp³-hybridized carbons (Fsp3) is 0.208. The largest absolute Gasteiger partial charge is 0.496 e. The van der Waals surface area contributed by atoms with E-state index in [9.17, 15) is 26.7 Å². The molecule has 5 nitrogen and oxygen atoms in total. The van der Waals surface area contributed by atoms with E-state index in [1.54, 1.807) is 36.4 Å². The highest BCUT2D eigenvalue weighted by Crippen LogP contribution is 2.32. The molecule has 3 aromatic rings. The van der Waals surface area contributed by atoms with Crippen molar-refractivity contribution in [3.05, 3.63) is 82.1 Å². The van der Waals surface area contributed by atoms with E-state index in [-0.39, 0.29) is 31.7 Å². The van der Waals surface area contributed by atoms with Crippen molar-refractivity contribution in [2.45, 2.75) is 0 Å². The first kappa shape index (κ1) is 24.6. The van der Waals surface area contributed by atoms with E-state index in [2.05, 4.69) is 5.32 Å². The first-order valence-corrected chi connectivity index (χ1v) is 10.8. The van der Waals surface area contributed by atoms with Gasteiger partial charge in [-0.05, 0) is 42.5 Å². The van der Waals surface area contributed by atoms with Crippen LogP contribution in [0.5, 0.6) is 5.75 Å². The van der Waals surface area contributed by atoms with Crippen LogP contribution in [0.3, 0.4) is 0 Å². The second kappa shape index (κ2) is 9.99. The predicted molar refractivity (Wildman–Crippen MR) is 123 cm³/mol. The third-order valence-corrected chi connectivity index (χ3v) is 5.91. The van der Waals surface area contributed by atoms with E-state index in [0.717, 1.165) is 10.6 Å². The van der Waals surface area contributed by atoms with E-state index >= 15 is 0 Å². The Labute approximate surface area is 202 Å². The smallest absolute Gasteiger partial charge is 0.259 e. The predicted octanol–water partition coefficient (Wildman–Crippen LogP) is 5.62. The molecule has 1 heterocycles. The van der Waals surface area contributed by atoms with Crippen LogP contribution in [0.1, 0.15) is 10.4 Å². The number of anilines is 3. The van der Waals surface area contributed by atoms with Crippen LogP contribution >= 0.6 is 11.6 Å². The third kappa shape index (κ3) is 4.84. The molecular formula is C24H19ClF5N3O2. The quantitative estimate of drug-likeness (QED) is 0.274. The maximum Gasteiger partial charge on any atom is 0.259 e. The number of benzene rings is 3. The van der Waals surface area contributed by atoms with Gasteiger partial charge in [0.15, 0.2) is 23.3 Å². The van der Waals surface area contributed by atoms with Crippen LogP contribution in [0.4, 0.5) is 39.0 Å². The number of hydrogen-bond donors (Lipinski definition) is 1. The molecule has 0 aromatic heterocycles. The zero-order valence-corrected chi connectivity index (χ0v) is 19.1. The molecule has 0 aliphatic carbocycles. The van der Waals surface area contributed by atoms with Gasteiger partial charge in [-0.1, -0.05) is 11.6 Å². The molecule has 4 rings (SSSR count). The summed E-state index contributed by atoms with van der Waals surface area (Å²) in [4.78, 5) is 15.7. The van der Waals surface area contributed by atoms with Crippen LogP contribution in [-0.4, -0.2) is 39.2 Å². The van der Waals surface area contributed by atoms with Gasteiger partial charge in [0.05, 0.1) is 12.7 Å². The molecule has 3 aromatic carbocycles. The Morgan fingerprint density at radius 3 is 1.94 bits per heavy atom. The lowest BCUT2D eigenvalue weighted by Gasteiger charge is -2.37. The highest BCUT2D eigenvalue weighted by atomic mass is 35.5. The van der Waals surface area contributed by atoms with Crippen molar-refractivity contribution in [3.63, 3.8) is 0 Å². The number of halogens is 6. The lowest BCUT2D eigenvalue weighted by atomic mass is 10.1. The summed E-state index contributed by atoms with van der Waals surface area (Å²) in [6.45, 7) is 0.659. The molecule has 1 aliphatic rings. The second-order valence-corrected chi connectivity index (χ2v) is 8.17. The average Bonchev–Trinajstić information content (AvgIpc) is 2.87. The summed E-state index contributed by atoms with van der Waals surface area (Å²) in [6, 6.07) is 11.6. The molecule has 184 valence electrons. The Balaban J connectivity index is 1.42. The van der Waals surface area contributed by atoms with Crippen molar-refractivity contribution < 1.29 is 31.5 Å². The van der Waals surface area contributed by atoms with Gasteiger partial charge in [0, 0.05) is 42.6 Å². The number of rotatable bonds is 5. The number of carbonyl (C=O) groups is 1. The molecule has 1 saturated heterocycles. The summed E-state index contributed by atoms with van der Waals surface area (Å²) >= 11 is 5.98. The molecule has 0 radical (unpaired) electrons. The third-order valence-electron chi connectivity index (χ3n) is 5.68. The molecule has 35 heavy (non-hydrogen) atoms. The fourth-order valence-corrected chi connectivity index (χ4v) is 4.04. The molecule has 0 bridgehead atoms. The zero-order valence-electron chi connectivity index (χ0n) is 18.3. The minimum Gasteiger partial charge on any atom is -0.496 e. The first-order valence-electron chi connectivity index (χ1n) is 10.5. The van der Waals surface area contributed by atoms with Crippen molar-refractivity contribution in [2.75, 3.05) is 48.4 Å². The maximum atomic E-state index is 14.1. The van der Waals surface area contributed by atoms with E-state index in [1.807, 2.05) is 4.90 Å². The Morgan fingerprint density at radius 2 is 1.37 bits per heavy atom. The molecule has 0 unspecified atom stereocenters. The Bertz CT molecular complexity index is 1240. The molecule has 1 amide bonds.